The van der Waals surface area contributed by atoms with E-state index in [4.69, 9.17) is 11.6 Å². The molecule has 0 unspecified atom stereocenters. The van der Waals surface area contributed by atoms with Crippen LogP contribution in [0.4, 0.5) is 11.4 Å². The number of hydrogen-bond acceptors (Lipinski definition) is 7. The van der Waals surface area contributed by atoms with Crippen molar-refractivity contribution in [1.29, 1.82) is 5.26 Å². The van der Waals surface area contributed by atoms with Gasteiger partial charge in [0.1, 0.15) is 11.8 Å². The second-order valence-corrected chi connectivity index (χ2v) is 11.4. The monoisotopic (exact) mass is 525 g/mol. The van der Waals surface area contributed by atoms with Crippen LogP contribution in [0.5, 0.6) is 0 Å². The van der Waals surface area contributed by atoms with Gasteiger partial charge in [-0.25, -0.2) is 9.20 Å². The molecule has 1 atom stereocenters. The van der Waals surface area contributed by atoms with E-state index in [1.165, 1.54) is 0 Å². The lowest BCUT2D eigenvalue weighted by molar-refractivity contribution is 0.443. The fourth-order valence-electron chi connectivity index (χ4n) is 4.61. The SMILES string of the molecule is CC(C)(C)CNc1c(C#N)cnc2c(Cl)cc(N[C@H](c3cn(C4CC4)nn3)c3cccn4nccc34)cc12. The summed E-state index contributed by atoms with van der Waals surface area (Å²) in [5, 5.41) is 31.6. The van der Waals surface area contributed by atoms with Crippen LogP contribution in [0.15, 0.2) is 55.1 Å². The molecule has 38 heavy (non-hydrogen) atoms. The van der Waals surface area contributed by atoms with Crippen LogP contribution in [0.25, 0.3) is 16.4 Å². The molecule has 2 N–H and O–H groups in total. The Morgan fingerprint density at radius 1 is 1.24 bits per heavy atom. The Hall–Kier alpha value is -4.16. The number of nitriles is 1. The summed E-state index contributed by atoms with van der Waals surface area (Å²) in [5.41, 5.74) is 5.43. The number of nitrogens with zero attached hydrogens (tertiary/aromatic N) is 7. The fraction of sp³-hybridized carbons (Fsp3) is 0.321. The Labute approximate surface area is 225 Å². The summed E-state index contributed by atoms with van der Waals surface area (Å²) in [5.74, 6) is 0. The number of halogens is 1. The second-order valence-electron chi connectivity index (χ2n) is 11.0. The van der Waals surface area contributed by atoms with Gasteiger partial charge in [0, 0.05) is 41.8 Å². The quantitative estimate of drug-likeness (QED) is 0.268. The number of rotatable bonds is 7. The summed E-state index contributed by atoms with van der Waals surface area (Å²) in [6, 6.07) is 12.3. The molecule has 4 aromatic heterocycles. The molecule has 1 saturated carbocycles. The number of pyridine rings is 2. The van der Waals surface area contributed by atoms with Gasteiger partial charge >= 0.3 is 0 Å². The zero-order valence-electron chi connectivity index (χ0n) is 21.5. The molecule has 0 saturated heterocycles. The van der Waals surface area contributed by atoms with E-state index in [2.05, 4.69) is 63.9 Å². The third-order valence-electron chi connectivity index (χ3n) is 6.68. The minimum absolute atomic E-state index is 0.0182. The standard InChI is InChI=1S/C28H28ClN9/c1-28(2,3)16-32-25-17(13-30)14-31-26-21(25)11-18(12-22(26)29)34-27(23-15-38(36-35-23)19-6-7-19)20-5-4-10-37-24(20)8-9-33-37/h4-5,8-12,14-15,19,27,34H,6-7,16H2,1-3H3,(H,31,32)/t27-/m0/s1. The number of fused-ring (bicyclic) bond motifs is 2. The first-order valence-electron chi connectivity index (χ1n) is 12.7. The molecule has 9 nitrogen and oxygen atoms in total. The molecule has 1 aliphatic carbocycles. The third-order valence-corrected chi connectivity index (χ3v) is 6.96. The van der Waals surface area contributed by atoms with Crippen LogP contribution in [0, 0.1) is 16.7 Å². The van der Waals surface area contributed by atoms with Crippen molar-refractivity contribution in [2.45, 2.75) is 45.7 Å². The molecule has 0 radical (unpaired) electrons. The molecular weight excluding hydrogens is 498 g/mol. The van der Waals surface area contributed by atoms with E-state index < -0.39 is 0 Å². The minimum atomic E-state index is -0.311. The first-order chi connectivity index (χ1) is 18.3. The van der Waals surface area contributed by atoms with Gasteiger partial charge in [0.2, 0.25) is 0 Å². The first-order valence-corrected chi connectivity index (χ1v) is 13.1. The van der Waals surface area contributed by atoms with E-state index in [0.717, 1.165) is 46.4 Å². The number of benzene rings is 1. The van der Waals surface area contributed by atoms with Crippen molar-refractivity contribution >= 4 is 39.4 Å². The van der Waals surface area contributed by atoms with Gasteiger partial charge < -0.3 is 10.6 Å². The molecule has 6 rings (SSSR count). The van der Waals surface area contributed by atoms with Crippen LogP contribution >= 0.6 is 11.6 Å². The van der Waals surface area contributed by atoms with E-state index >= 15 is 0 Å². The van der Waals surface area contributed by atoms with Gasteiger partial charge in [-0.05, 0) is 42.5 Å². The minimum Gasteiger partial charge on any atom is -0.383 e. The molecule has 0 bridgehead atoms. The van der Waals surface area contributed by atoms with Gasteiger partial charge in [-0.15, -0.1) is 5.10 Å². The lowest BCUT2D eigenvalue weighted by Crippen LogP contribution is -2.20. The molecule has 192 valence electrons. The van der Waals surface area contributed by atoms with Crippen molar-refractivity contribution in [1.82, 2.24) is 29.6 Å². The Morgan fingerprint density at radius 3 is 2.84 bits per heavy atom. The van der Waals surface area contributed by atoms with Crippen molar-refractivity contribution in [3.8, 4) is 6.07 Å². The summed E-state index contributed by atoms with van der Waals surface area (Å²) < 4.78 is 3.80. The highest BCUT2D eigenvalue weighted by Gasteiger charge is 2.28. The average molecular weight is 526 g/mol. The fourth-order valence-corrected chi connectivity index (χ4v) is 4.88. The van der Waals surface area contributed by atoms with Crippen LogP contribution in [0.2, 0.25) is 5.02 Å². The van der Waals surface area contributed by atoms with Gasteiger partial charge in [-0.3, -0.25) is 4.98 Å². The summed E-state index contributed by atoms with van der Waals surface area (Å²) in [7, 11) is 0. The van der Waals surface area contributed by atoms with E-state index in [1.54, 1.807) is 12.4 Å². The van der Waals surface area contributed by atoms with E-state index in [1.807, 2.05) is 45.9 Å². The third kappa shape index (κ3) is 4.63. The molecule has 0 spiro atoms. The van der Waals surface area contributed by atoms with Crippen molar-refractivity contribution in [3.63, 3.8) is 0 Å². The molecule has 0 amide bonds. The number of nitrogens with one attached hydrogen (secondary N) is 2. The maximum atomic E-state index is 9.82. The van der Waals surface area contributed by atoms with E-state index in [9.17, 15) is 5.26 Å². The average Bonchev–Trinajstić information content (AvgIpc) is 3.41. The Morgan fingerprint density at radius 2 is 2.08 bits per heavy atom. The zero-order chi connectivity index (χ0) is 26.4. The molecule has 0 aliphatic heterocycles. The largest absolute Gasteiger partial charge is 0.383 e. The van der Waals surface area contributed by atoms with Crippen LogP contribution in [0.1, 0.15) is 62.5 Å². The molecule has 5 aromatic rings. The van der Waals surface area contributed by atoms with Crippen LogP contribution in [-0.2, 0) is 0 Å². The number of aromatic nitrogens is 6. The van der Waals surface area contributed by atoms with Crippen LogP contribution < -0.4 is 10.6 Å². The van der Waals surface area contributed by atoms with E-state index in [-0.39, 0.29) is 11.5 Å². The molecular formula is C28H28ClN9. The van der Waals surface area contributed by atoms with Crippen molar-refractivity contribution in [2.24, 2.45) is 5.41 Å². The molecule has 4 heterocycles. The summed E-state index contributed by atoms with van der Waals surface area (Å²) in [6.07, 6.45) is 9.54. The van der Waals surface area contributed by atoms with Crippen molar-refractivity contribution < 1.29 is 0 Å². The second kappa shape index (κ2) is 9.30. The predicted octanol–water partition coefficient (Wildman–Crippen LogP) is 5.99. The highest BCUT2D eigenvalue weighted by Crippen LogP contribution is 2.38. The van der Waals surface area contributed by atoms with Gasteiger partial charge in [0.05, 0.1) is 45.6 Å². The van der Waals surface area contributed by atoms with E-state index in [0.29, 0.717) is 28.7 Å². The topological polar surface area (TPSA) is 109 Å². The smallest absolute Gasteiger partial charge is 0.110 e. The number of anilines is 2. The zero-order valence-corrected chi connectivity index (χ0v) is 22.2. The van der Waals surface area contributed by atoms with Gasteiger partial charge in [-0.2, -0.15) is 10.4 Å². The molecule has 10 heteroatoms. The normalized spacial score (nSPS) is 14.5. The summed E-state index contributed by atoms with van der Waals surface area (Å²) in [6.45, 7) is 7.12. The number of hydrogen-bond donors (Lipinski definition) is 2. The maximum Gasteiger partial charge on any atom is 0.110 e. The summed E-state index contributed by atoms with van der Waals surface area (Å²) >= 11 is 6.77. The predicted molar refractivity (Wildman–Crippen MR) is 148 cm³/mol. The first kappa shape index (κ1) is 24.2. The van der Waals surface area contributed by atoms with Gasteiger partial charge in [-0.1, -0.05) is 43.7 Å². The van der Waals surface area contributed by atoms with Gasteiger partial charge in [0.15, 0.2) is 0 Å². The highest BCUT2D eigenvalue weighted by molar-refractivity contribution is 6.35. The van der Waals surface area contributed by atoms with Crippen molar-refractivity contribution in [3.05, 3.63) is 77.0 Å². The van der Waals surface area contributed by atoms with Crippen LogP contribution in [0.3, 0.4) is 0 Å². The van der Waals surface area contributed by atoms with Crippen LogP contribution in [-0.4, -0.2) is 36.1 Å². The Bertz CT molecular complexity index is 1680. The van der Waals surface area contributed by atoms with Crippen molar-refractivity contribution in [2.75, 3.05) is 17.2 Å². The Balaban J connectivity index is 1.46. The summed E-state index contributed by atoms with van der Waals surface area (Å²) in [4.78, 5) is 4.50. The van der Waals surface area contributed by atoms with Gasteiger partial charge in [0.25, 0.3) is 0 Å². The Kier molecular flexibility index (Phi) is 5.92. The lowest BCUT2D eigenvalue weighted by Gasteiger charge is -2.22. The molecule has 1 fully saturated rings. The lowest BCUT2D eigenvalue weighted by atomic mass is 9.96. The molecule has 1 aromatic carbocycles. The molecule has 1 aliphatic rings. The highest BCUT2D eigenvalue weighted by atomic mass is 35.5. The maximum absolute atomic E-state index is 9.82.